The van der Waals surface area contributed by atoms with Crippen LogP contribution >= 0.6 is 0 Å². The van der Waals surface area contributed by atoms with Crippen LogP contribution in [0, 0.1) is 16.0 Å². The maximum atomic E-state index is 12.7. The number of hydrogen-bond donors (Lipinski definition) is 1. The molecule has 3 rings (SSSR count). The first kappa shape index (κ1) is 20.9. The van der Waals surface area contributed by atoms with Gasteiger partial charge in [-0.05, 0) is 48.6 Å². The van der Waals surface area contributed by atoms with Gasteiger partial charge in [0.05, 0.1) is 9.82 Å². The lowest BCUT2D eigenvalue weighted by atomic mass is 10.0. The summed E-state index contributed by atoms with van der Waals surface area (Å²) in [5, 5.41) is 13.4. The van der Waals surface area contributed by atoms with Crippen molar-refractivity contribution in [2.24, 2.45) is 5.92 Å². The third-order valence-corrected chi connectivity index (χ3v) is 7.01. The van der Waals surface area contributed by atoms with Crippen molar-refractivity contribution in [3.63, 3.8) is 0 Å². The quantitative estimate of drug-likeness (QED) is 0.574. The van der Waals surface area contributed by atoms with E-state index < -0.39 is 14.9 Å². The second-order valence-corrected chi connectivity index (χ2v) is 9.16. The van der Waals surface area contributed by atoms with Crippen LogP contribution in [0.15, 0.2) is 53.4 Å². The van der Waals surface area contributed by atoms with E-state index >= 15 is 0 Å². The average Bonchev–Trinajstić information content (AvgIpc) is 2.72. The maximum Gasteiger partial charge on any atom is 0.269 e. The molecule has 0 unspecified atom stereocenters. The van der Waals surface area contributed by atoms with Crippen molar-refractivity contribution in [2.45, 2.75) is 31.2 Å². The van der Waals surface area contributed by atoms with Gasteiger partial charge in [0.25, 0.3) is 11.6 Å². The highest BCUT2D eigenvalue weighted by Gasteiger charge is 2.28. The van der Waals surface area contributed by atoms with Gasteiger partial charge in [0.15, 0.2) is 0 Å². The van der Waals surface area contributed by atoms with Gasteiger partial charge >= 0.3 is 0 Å². The fraction of sp³-hybridized carbons (Fsp3) is 0.350. The van der Waals surface area contributed by atoms with Gasteiger partial charge in [0.2, 0.25) is 10.0 Å². The summed E-state index contributed by atoms with van der Waals surface area (Å²) >= 11 is 0. The summed E-state index contributed by atoms with van der Waals surface area (Å²) in [4.78, 5) is 22.7. The van der Waals surface area contributed by atoms with E-state index in [1.165, 1.54) is 40.7 Å². The average molecular weight is 417 g/mol. The Morgan fingerprint density at radius 2 is 1.69 bits per heavy atom. The number of nitro benzene ring substituents is 1. The third-order valence-electron chi connectivity index (χ3n) is 5.10. The molecule has 0 bridgehead atoms. The number of hydrogen-bond acceptors (Lipinski definition) is 5. The molecule has 1 aliphatic rings. The molecule has 0 atom stereocenters. The van der Waals surface area contributed by atoms with Gasteiger partial charge in [-0.25, -0.2) is 8.42 Å². The van der Waals surface area contributed by atoms with Crippen LogP contribution in [0.5, 0.6) is 0 Å². The monoisotopic (exact) mass is 417 g/mol. The Labute approximate surface area is 169 Å². The zero-order valence-electron chi connectivity index (χ0n) is 16.1. The number of nitrogens with one attached hydrogen (secondary N) is 1. The summed E-state index contributed by atoms with van der Waals surface area (Å²) in [5.74, 6) is 0.183. The Hall–Kier alpha value is -2.78. The Morgan fingerprint density at radius 1 is 1.10 bits per heavy atom. The summed E-state index contributed by atoms with van der Waals surface area (Å²) in [6.45, 7) is 3.36. The van der Waals surface area contributed by atoms with Crippen molar-refractivity contribution < 1.29 is 18.1 Å². The minimum absolute atomic E-state index is 0.0139. The number of carbonyl (C=O) groups excluding carboxylic acids is 1. The van der Waals surface area contributed by atoms with E-state index in [0.29, 0.717) is 24.6 Å². The fourth-order valence-electron chi connectivity index (χ4n) is 3.17. The number of carbonyl (C=O) groups is 1. The van der Waals surface area contributed by atoms with Gasteiger partial charge in [0, 0.05) is 37.3 Å². The fourth-order valence-corrected chi connectivity index (χ4v) is 4.64. The standard InChI is InChI=1S/C20H23N3O5S/c1-15-10-12-22(13-11-15)29(27,28)19-8-4-17(5-9-19)20(24)21-14-16-2-6-18(7-3-16)23(25)26/h2-9,15H,10-14H2,1H3,(H,21,24). The van der Waals surface area contributed by atoms with E-state index in [4.69, 9.17) is 0 Å². The van der Waals surface area contributed by atoms with E-state index in [9.17, 15) is 23.3 Å². The number of sulfonamides is 1. The second kappa shape index (κ2) is 8.71. The van der Waals surface area contributed by atoms with Gasteiger partial charge in [-0.2, -0.15) is 4.31 Å². The first-order valence-electron chi connectivity index (χ1n) is 9.39. The molecule has 0 spiro atoms. The predicted octanol–water partition coefficient (Wildman–Crippen LogP) is 2.95. The second-order valence-electron chi connectivity index (χ2n) is 7.22. The number of nitro groups is 1. The van der Waals surface area contributed by atoms with Crippen molar-refractivity contribution >= 4 is 21.6 Å². The van der Waals surface area contributed by atoms with Crippen LogP contribution in [-0.4, -0.2) is 36.6 Å². The molecular weight excluding hydrogens is 394 g/mol. The summed E-state index contributed by atoms with van der Waals surface area (Å²) in [6, 6.07) is 11.8. The molecule has 1 N–H and O–H groups in total. The van der Waals surface area contributed by atoms with Crippen molar-refractivity contribution in [1.82, 2.24) is 9.62 Å². The van der Waals surface area contributed by atoms with Gasteiger partial charge in [-0.3, -0.25) is 14.9 Å². The number of amides is 1. The SMILES string of the molecule is CC1CCN(S(=O)(=O)c2ccc(C(=O)NCc3ccc([N+](=O)[O-])cc3)cc2)CC1. The molecule has 154 valence electrons. The molecule has 2 aromatic rings. The smallest absolute Gasteiger partial charge is 0.269 e. The normalized spacial score (nSPS) is 15.8. The Bertz CT molecular complexity index is 980. The summed E-state index contributed by atoms with van der Waals surface area (Å²) < 4.78 is 27.0. The first-order chi connectivity index (χ1) is 13.8. The third kappa shape index (κ3) is 4.99. The Balaban J connectivity index is 1.61. The molecular formula is C20H23N3O5S. The Morgan fingerprint density at radius 3 is 2.24 bits per heavy atom. The molecule has 29 heavy (non-hydrogen) atoms. The van der Waals surface area contributed by atoms with Crippen LogP contribution in [0.4, 0.5) is 5.69 Å². The number of benzene rings is 2. The first-order valence-corrected chi connectivity index (χ1v) is 10.8. The summed E-state index contributed by atoms with van der Waals surface area (Å²) in [5.41, 5.74) is 1.06. The van der Waals surface area contributed by atoms with Crippen molar-refractivity contribution in [3.8, 4) is 0 Å². The highest BCUT2D eigenvalue weighted by atomic mass is 32.2. The molecule has 2 aromatic carbocycles. The lowest BCUT2D eigenvalue weighted by molar-refractivity contribution is -0.384. The zero-order valence-corrected chi connectivity index (χ0v) is 16.9. The predicted molar refractivity (Wildman–Crippen MR) is 108 cm³/mol. The molecule has 0 saturated carbocycles. The minimum atomic E-state index is -3.55. The van der Waals surface area contributed by atoms with Crippen LogP contribution < -0.4 is 5.32 Å². The highest BCUT2D eigenvalue weighted by Crippen LogP contribution is 2.23. The number of nitrogens with zero attached hydrogens (tertiary/aromatic N) is 2. The lowest BCUT2D eigenvalue weighted by Crippen LogP contribution is -2.37. The highest BCUT2D eigenvalue weighted by molar-refractivity contribution is 7.89. The number of piperidine rings is 1. The molecule has 9 heteroatoms. The molecule has 1 fully saturated rings. The molecule has 0 radical (unpaired) electrons. The largest absolute Gasteiger partial charge is 0.348 e. The van der Waals surface area contributed by atoms with Gasteiger partial charge in [-0.15, -0.1) is 0 Å². The summed E-state index contributed by atoms with van der Waals surface area (Å²) in [7, 11) is -3.55. The molecule has 8 nitrogen and oxygen atoms in total. The number of rotatable bonds is 6. The van der Waals surface area contributed by atoms with E-state index in [2.05, 4.69) is 12.2 Å². The zero-order chi connectivity index (χ0) is 21.0. The van der Waals surface area contributed by atoms with Crippen LogP contribution in [-0.2, 0) is 16.6 Å². The molecule has 1 saturated heterocycles. The van der Waals surface area contributed by atoms with Gasteiger partial charge in [-0.1, -0.05) is 19.1 Å². The number of non-ortho nitro benzene ring substituents is 1. The topological polar surface area (TPSA) is 110 Å². The van der Waals surface area contributed by atoms with Crippen LogP contribution in [0.2, 0.25) is 0 Å². The van der Waals surface area contributed by atoms with E-state index in [1.54, 1.807) is 12.1 Å². The minimum Gasteiger partial charge on any atom is -0.348 e. The van der Waals surface area contributed by atoms with Crippen LogP contribution in [0.25, 0.3) is 0 Å². The molecule has 1 amide bonds. The molecule has 0 aliphatic carbocycles. The van der Waals surface area contributed by atoms with Crippen molar-refractivity contribution in [2.75, 3.05) is 13.1 Å². The van der Waals surface area contributed by atoms with E-state index in [-0.39, 0.29) is 23.0 Å². The Kier molecular flexibility index (Phi) is 6.29. The van der Waals surface area contributed by atoms with Crippen LogP contribution in [0.3, 0.4) is 0 Å². The van der Waals surface area contributed by atoms with E-state index in [0.717, 1.165) is 18.4 Å². The van der Waals surface area contributed by atoms with Gasteiger partial charge < -0.3 is 5.32 Å². The van der Waals surface area contributed by atoms with E-state index in [1.807, 2.05) is 0 Å². The van der Waals surface area contributed by atoms with Crippen molar-refractivity contribution in [3.05, 3.63) is 69.8 Å². The molecule has 0 aromatic heterocycles. The van der Waals surface area contributed by atoms with Crippen LogP contribution in [0.1, 0.15) is 35.7 Å². The molecule has 1 heterocycles. The van der Waals surface area contributed by atoms with Crippen molar-refractivity contribution in [1.29, 1.82) is 0 Å². The lowest BCUT2D eigenvalue weighted by Gasteiger charge is -2.29. The molecule has 1 aliphatic heterocycles. The maximum absolute atomic E-state index is 12.7. The summed E-state index contributed by atoms with van der Waals surface area (Å²) in [6.07, 6.45) is 1.70. The van der Waals surface area contributed by atoms with Gasteiger partial charge in [0.1, 0.15) is 0 Å².